The van der Waals surface area contributed by atoms with Gasteiger partial charge in [-0.25, -0.2) is 0 Å². The highest BCUT2D eigenvalue weighted by molar-refractivity contribution is 5.76. The van der Waals surface area contributed by atoms with Gasteiger partial charge in [0.15, 0.2) is 0 Å². The van der Waals surface area contributed by atoms with Crippen LogP contribution in [0.4, 0.5) is 0 Å². The summed E-state index contributed by atoms with van der Waals surface area (Å²) >= 11 is 0. The monoisotopic (exact) mass is 279 g/mol. The quantitative estimate of drug-likeness (QED) is 0.768. The van der Waals surface area contributed by atoms with Crippen LogP contribution in [0, 0.1) is 13.8 Å². The normalized spacial score (nSPS) is 12.0. The average Bonchev–Trinajstić information content (AvgIpc) is 2.39. The number of aliphatic hydroxyl groups excluding tert-OH is 1. The van der Waals surface area contributed by atoms with Gasteiger partial charge in [0, 0.05) is 12.6 Å². The molecule has 4 heteroatoms. The van der Waals surface area contributed by atoms with E-state index in [2.05, 4.69) is 11.4 Å². The molecule has 0 spiro atoms. The Bertz CT molecular complexity index is 432. The van der Waals surface area contributed by atoms with E-state index >= 15 is 0 Å². The van der Waals surface area contributed by atoms with Gasteiger partial charge in [0.25, 0.3) is 0 Å². The van der Waals surface area contributed by atoms with Crippen molar-refractivity contribution in [1.82, 2.24) is 5.32 Å². The van der Waals surface area contributed by atoms with Crippen LogP contribution in [0.5, 0.6) is 5.75 Å². The second-order valence-electron chi connectivity index (χ2n) is 5.20. The van der Waals surface area contributed by atoms with E-state index in [4.69, 9.17) is 9.84 Å². The van der Waals surface area contributed by atoms with Crippen molar-refractivity contribution in [2.24, 2.45) is 0 Å². The van der Waals surface area contributed by atoms with E-state index in [1.807, 2.05) is 32.9 Å². The first kappa shape index (κ1) is 16.5. The Morgan fingerprint density at radius 1 is 1.40 bits per heavy atom. The summed E-state index contributed by atoms with van der Waals surface area (Å²) in [6.07, 6.45) is 1.84. The van der Waals surface area contributed by atoms with Gasteiger partial charge in [-0.1, -0.05) is 17.7 Å². The van der Waals surface area contributed by atoms with Gasteiger partial charge in [-0.15, -0.1) is 0 Å². The zero-order valence-electron chi connectivity index (χ0n) is 12.6. The summed E-state index contributed by atoms with van der Waals surface area (Å²) < 4.78 is 5.62. The SMILES string of the molecule is Cc1ccc(OCCC(=O)NC(C)CCCO)c(C)c1. The van der Waals surface area contributed by atoms with E-state index < -0.39 is 0 Å². The third kappa shape index (κ3) is 6.06. The van der Waals surface area contributed by atoms with E-state index in [9.17, 15) is 4.79 Å². The lowest BCUT2D eigenvalue weighted by molar-refractivity contribution is -0.122. The minimum atomic E-state index is -0.0137. The van der Waals surface area contributed by atoms with Crippen LogP contribution in [-0.4, -0.2) is 30.3 Å². The molecule has 0 aliphatic rings. The Balaban J connectivity index is 2.28. The van der Waals surface area contributed by atoms with Crippen molar-refractivity contribution in [3.05, 3.63) is 29.3 Å². The third-order valence-electron chi connectivity index (χ3n) is 3.12. The number of aliphatic hydroxyl groups is 1. The maximum Gasteiger partial charge on any atom is 0.223 e. The van der Waals surface area contributed by atoms with Gasteiger partial charge >= 0.3 is 0 Å². The minimum absolute atomic E-state index is 0.0137. The van der Waals surface area contributed by atoms with Gasteiger partial charge in [0.05, 0.1) is 13.0 Å². The van der Waals surface area contributed by atoms with Crippen molar-refractivity contribution >= 4 is 5.91 Å². The van der Waals surface area contributed by atoms with Gasteiger partial charge in [0.2, 0.25) is 5.91 Å². The zero-order chi connectivity index (χ0) is 15.0. The standard InChI is InChI=1S/C16H25NO3/c1-12-6-7-15(13(2)11-12)20-10-8-16(19)17-14(3)5-4-9-18/h6-7,11,14,18H,4-5,8-10H2,1-3H3,(H,17,19). The molecule has 1 aromatic rings. The molecule has 0 aromatic heterocycles. The van der Waals surface area contributed by atoms with Crippen LogP contribution in [0.15, 0.2) is 18.2 Å². The van der Waals surface area contributed by atoms with E-state index in [0.717, 1.165) is 17.7 Å². The molecule has 0 heterocycles. The predicted octanol–water partition coefficient (Wildman–Crippen LogP) is 2.35. The number of hydrogen-bond acceptors (Lipinski definition) is 3. The molecule has 0 aliphatic heterocycles. The van der Waals surface area contributed by atoms with Crippen LogP contribution in [0.2, 0.25) is 0 Å². The number of carbonyl (C=O) groups excluding carboxylic acids is 1. The molecule has 0 fully saturated rings. The number of rotatable bonds is 8. The van der Waals surface area contributed by atoms with Gasteiger partial charge in [0.1, 0.15) is 5.75 Å². The van der Waals surface area contributed by atoms with E-state index in [1.54, 1.807) is 0 Å². The fourth-order valence-corrected chi connectivity index (χ4v) is 2.03. The van der Waals surface area contributed by atoms with E-state index in [-0.39, 0.29) is 18.6 Å². The van der Waals surface area contributed by atoms with E-state index in [1.165, 1.54) is 5.56 Å². The number of ether oxygens (including phenoxy) is 1. The second-order valence-corrected chi connectivity index (χ2v) is 5.20. The topological polar surface area (TPSA) is 58.6 Å². The molecule has 4 nitrogen and oxygen atoms in total. The molecule has 20 heavy (non-hydrogen) atoms. The Hall–Kier alpha value is -1.55. The van der Waals surface area contributed by atoms with Crippen LogP contribution in [0.1, 0.15) is 37.3 Å². The third-order valence-corrected chi connectivity index (χ3v) is 3.12. The molecule has 0 radical (unpaired) electrons. The highest BCUT2D eigenvalue weighted by atomic mass is 16.5. The first-order chi connectivity index (χ1) is 9.52. The molecule has 0 saturated heterocycles. The number of hydrogen-bond donors (Lipinski definition) is 2. The van der Waals surface area contributed by atoms with Crippen molar-refractivity contribution in [1.29, 1.82) is 0 Å². The fraction of sp³-hybridized carbons (Fsp3) is 0.562. The first-order valence-electron chi connectivity index (χ1n) is 7.13. The van der Waals surface area contributed by atoms with Crippen LogP contribution in [-0.2, 0) is 4.79 Å². The smallest absolute Gasteiger partial charge is 0.223 e. The molecular weight excluding hydrogens is 254 g/mol. The minimum Gasteiger partial charge on any atom is -0.493 e. The largest absolute Gasteiger partial charge is 0.493 e. The molecule has 1 unspecified atom stereocenters. The second kappa shape index (κ2) is 8.59. The van der Waals surface area contributed by atoms with Crippen LogP contribution >= 0.6 is 0 Å². The summed E-state index contributed by atoms with van der Waals surface area (Å²) in [5, 5.41) is 11.6. The van der Waals surface area contributed by atoms with E-state index in [0.29, 0.717) is 19.4 Å². The van der Waals surface area contributed by atoms with Crippen molar-refractivity contribution in [3.8, 4) is 5.75 Å². The lowest BCUT2D eigenvalue weighted by Crippen LogP contribution is -2.33. The number of aryl methyl sites for hydroxylation is 2. The highest BCUT2D eigenvalue weighted by Crippen LogP contribution is 2.18. The van der Waals surface area contributed by atoms with Gasteiger partial charge in [-0.2, -0.15) is 0 Å². The number of nitrogens with one attached hydrogen (secondary N) is 1. The van der Waals surface area contributed by atoms with Crippen LogP contribution in [0.3, 0.4) is 0 Å². The van der Waals surface area contributed by atoms with Gasteiger partial charge < -0.3 is 15.2 Å². The van der Waals surface area contributed by atoms with Crippen LogP contribution in [0.25, 0.3) is 0 Å². The fourth-order valence-electron chi connectivity index (χ4n) is 2.03. The molecule has 1 amide bonds. The summed E-state index contributed by atoms with van der Waals surface area (Å²) in [5.41, 5.74) is 2.28. The average molecular weight is 279 g/mol. The summed E-state index contributed by atoms with van der Waals surface area (Å²) in [6.45, 7) is 6.52. The van der Waals surface area contributed by atoms with Crippen molar-refractivity contribution in [2.75, 3.05) is 13.2 Å². The molecule has 1 atom stereocenters. The zero-order valence-corrected chi connectivity index (χ0v) is 12.6. The number of carbonyl (C=O) groups is 1. The first-order valence-corrected chi connectivity index (χ1v) is 7.13. The molecule has 1 aromatic carbocycles. The Morgan fingerprint density at radius 2 is 2.15 bits per heavy atom. The highest BCUT2D eigenvalue weighted by Gasteiger charge is 2.07. The summed E-state index contributed by atoms with van der Waals surface area (Å²) in [7, 11) is 0. The van der Waals surface area contributed by atoms with Crippen molar-refractivity contribution in [2.45, 2.75) is 46.1 Å². The molecule has 112 valence electrons. The predicted molar refractivity (Wildman–Crippen MR) is 80.0 cm³/mol. The number of amides is 1. The Morgan fingerprint density at radius 3 is 2.80 bits per heavy atom. The van der Waals surface area contributed by atoms with Crippen molar-refractivity contribution < 1.29 is 14.6 Å². The maximum absolute atomic E-state index is 11.7. The van der Waals surface area contributed by atoms with Gasteiger partial charge in [-0.3, -0.25) is 4.79 Å². The maximum atomic E-state index is 11.7. The lowest BCUT2D eigenvalue weighted by Gasteiger charge is -2.14. The lowest BCUT2D eigenvalue weighted by atomic mass is 10.1. The molecular formula is C16H25NO3. The molecule has 0 saturated carbocycles. The summed E-state index contributed by atoms with van der Waals surface area (Å²) in [6, 6.07) is 6.09. The van der Waals surface area contributed by atoms with Crippen LogP contribution < -0.4 is 10.1 Å². The Kier molecular flexibility index (Phi) is 7.09. The molecule has 1 rings (SSSR count). The Labute approximate surface area is 121 Å². The summed E-state index contributed by atoms with van der Waals surface area (Å²) in [4.78, 5) is 11.7. The molecule has 2 N–H and O–H groups in total. The molecule has 0 bridgehead atoms. The number of benzene rings is 1. The van der Waals surface area contributed by atoms with Crippen molar-refractivity contribution in [3.63, 3.8) is 0 Å². The molecule has 0 aliphatic carbocycles. The summed E-state index contributed by atoms with van der Waals surface area (Å²) in [5.74, 6) is 0.817. The van der Waals surface area contributed by atoms with Gasteiger partial charge in [-0.05, 0) is 45.2 Å².